The fraction of sp³-hybridized carbons (Fsp3) is 0.889. The Morgan fingerprint density at radius 1 is 1.36 bits per heavy atom. The maximum Gasteiger partial charge on any atom is 0.0624 e. The van der Waals surface area contributed by atoms with E-state index in [1.54, 1.807) is 0 Å². The van der Waals surface area contributed by atoms with Crippen LogP contribution in [-0.4, -0.2) is 11.2 Å². The van der Waals surface area contributed by atoms with Gasteiger partial charge in [0.05, 0.1) is 12.2 Å². The van der Waals surface area contributed by atoms with Gasteiger partial charge in [0.25, 0.3) is 0 Å². The monoisotopic (exact) mass is 151 g/mol. The Morgan fingerprint density at radius 3 is 2.73 bits per heavy atom. The third-order valence-corrected chi connectivity index (χ3v) is 3.27. The normalized spacial score (nSPS) is 47.6. The molecule has 0 aromatic rings. The first kappa shape index (κ1) is 7.12. The number of nitrogens with zero attached hydrogens (tertiary/aromatic N) is 1. The Kier molecular flexibility index (Phi) is 1.61. The first-order valence-corrected chi connectivity index (χ1v) is 4.36. The predicted octanol–water partition coefficient (Wildman–Crippen LogP) is 1.31. The Balaban J connectivity index is 2.02. The largest absolute Gasteiger partial charge is 0.393 e. The summed E-state index contributed by atoms with van der Waals surface area (Å²) in [6, 6.07) is 2.20. The summed E-state index contributed by atoms with van der Waals surface area (Å²) in [6.45, 7) is 0. The number of hydrogen-bond donors (Lipinski definition) is 1. The molecule has 4 atom stereocenters. The van der Waals surface area contributed by atoms with Crippen molar-refractivity contribution in [1.29, 1.82) is 5.26 Å². The lowest BCUT2D eigenvalue weighted by atomic mass is 9.85. The molecular formula is C9H13NO. The number of hydrogen-bond acceptors (Lipinski definition) is 2. The van der Waals surface area contributed by atoms with Gasteiger partial charge in [-0.2, -0.15) is 5.26 Å². The topological polar surface area (TPSA) is 44.0 Å². The minimum atomic E-state index is -0.0906. The first-order chi connectivity index (χ1) is 5.31. The molecule has 1 N–H and O–H groups in total. The lowest BCUT2D eigenvalue weighted by Gasteiger charge is -2.23. The summed E-state index contributed by atoms with van der Waals surface area (Å²) in [7, 11) is 0. The molecule has 0 saturated heterocycles. The van der Waals surface area contributed by atoms with Gasteiger partial charge in [0, 0.05) is 6.42 Å². The van der Waals surface area contributed by atoms with Crippen LogP contribution < -0.4 is 0 Å². The van der Waals surface area contributed by atoms with Gasteiger partial charge < -0.3 is 5.11 Å². The summed E-state index contributed by atoms with van der Waals surface area (Å²) in [5.74, 6) is 1.70. The summed E-state index contributed by atoms with van der Waals surface area (Å²) in [6.07, 6.45) is 3.92. The Bertz CT molecular complexity index is 196. The fourth-order valence-electron chi connectivity index (χ4n) is 2.81. The van der Waals surface area contributed by atoms with E-state index < -0.39 is 0 Å². The molecule has 0 aromatic heterocycles. The predicted molar refractivity (Wildman–Crippen MR) is 40.6 cm³/mol. The lowest BCUT2D eigenvalue weighted by molar-refractivity contribution is 0.0823. The van der Waals surface area contributed by atoms with Crippen LogP contribution in [0.5, 0.6) is 0 Å². The van der Waals surface area contributed by atoms with Crippen molar-refractivity contribution >= 4 is 0 Å². The van der Waals surface area contributed by atoms with Crippen LogP contribution in [-0.2, 0) is 0 Å². The molecule has 0 radical (unpaired) electrons. The van der Waals surface area contributed by atoms with E-state index in [-0.39, 0.29) is 6.10 Å². The van der Waals surface area contributed by atoms with Gasteiger partial charge in [0.1, 0.15) is 0 Å². The number of fused-ring (bicyclic) bond motifs is 2. The van der Waals surface area contributed by atoms with Crippen LogP contribution in [0.3, 0.4) is 0 Å². The molecular weight excluding hydrogens is 138 g/mol. The molecule has 2 nitrogen and oxygen atoms in total. The molecule has 0 amide bonds. The third kappa shape index (κ3) is 1.04. The maximum absolute atomic E-state index is 9.51. The standard InChI is InChI=1S/C9H13NO/c10-2-1-7-3-6-4-8(7)9(11)5-6/h6-9,11H,1,3-5H2. The van der Waals surface area contributed by atoms with E-state index in [2.05, 4.69) is 6.07 Å². The molecule has 0 heterocycles. The van der Waals surface area contributed by atoms with Gasteiger partial charge in [0.15, 0.2) is 0 Å². The van der Waals surface area contributed by atoms with Crippen LogP contribution in [0.25, 0.3) is 0 Å². The highest BCUT2D eigenvalue weighted by molar-refractivity contribution is 4.98. The van der Waals surface area contributed by atoms with Crippen LogP contribution in [0.1, 0.15) is 25.7 Å². The van der Waals surface area contributed by atoms with Crippen molar-refractivity contribution in [2.45, 2.75) is 31.8 Å². The number of rotatable bonds is 1. The molecule has 0 spiro atoms. The van der Waals surface area contributed by atoms with Gasteiger partial charge in [-0.3, -0.25) is 0 Å². The lowest BCUT2D eigenvalue weighted by Crippen LogP contribution is -2.23. The average molecular weight is 151 g/mol. The first-order valence-electron chi connectivity index (χ1n) is 4.36. The van der Waals surface area contributed by atoms with Crippen molar-refractivity contribution in [3.63, 3.8) is 0 Å². The molecule has 60 valence electrons. The molecule has 0 aromatic carbocycles. The second kappa shape index (κ2) is 2.49. The van der Waals surface area contributed by atoms with Crippen molar-refractivity contribution < 1.29 is 5.11 Å². The molecule has 2 bridgehead atoms. The molecule has 2 aliphatic rings. The van der Waals surface area contributed by atoms with E-state index in [4.69, 9.17) is 5.26 Å². The summed E-state index contributed by atoms with van der Waals surface area (Å²) in [5.41, 5.74) is 0. The molecule has 11 heavy (non-hydrogen) atoms. The van der Waals surface area contributed by atoms with Crippen LogP contribution in [0.4, 0.5) is 0 Å². The summed E-state index contributed by atoms with van der Waals surface area (Å²) >= 11 is 0. The van der Waals surface area contributed by atoms with Crippen LogP contribution in [0.15, 0.2) is 0 Å². The highest BCUT2D eigenvalue weighted by Gasteiger charge is 2.44. The van der Waals surface area contributed by atoms with Crippen LogP contribution >= 0.6 is 0 Å². The molecule has 2 heteroatoms. The van der Waals surface area contributed by atoms with Crippen LogP contribution in [0.2, 0.25) is 0 Å². The molecule has 2 rings (SSSR count). The minimum absolute atomic E-state index is 0.0906. The Hall–Kier alpha value is -0.550. The highest BCUT2D eigenvalue weighted by atomic mass is 16.3. The SMILES string of the molecule is N#CCC1CC2CC(O)C1C2. The quantitative estimate of drug-likeness (QED) is 0.614. The van der Waals surface area contributed by atoms with Crippen molar-refractivity contribution in [2.75, 3.05) is 0 Å². The second-order valence-electron chi connectivity index (χ2n) is 3.93. The van der Waals surface area contributed by atoms with E-state index in [9.17, 15) is 5.11 Å². The Labute approximate surface area is 66.8 Å². The Morgan fingerprint density at radius 2 is 2.18 bits per heavy atom. The average Bonchev–Trinajstić information content (AvgIpc) is 2.46. The summed E-state index contributed by atoms with van der Waals surface area (Å²) < 4.78 is 0. The van der Waals surface area contributed by atoms with E-state index in [0.29, 0.717) is 18.3 Å². The number of aliphatic hydroxyl groups excluding tert-OH is 1. The molecule has 4 unspecified atom stereocenters. The zero-order valence-electron chi connectivity index (χ0n) is 6.53. The van der Waals surface area contributed by atoms with E-state index in [0.717, 1.165) is 12.3 Å². The van der Waals surface area contributed by atoms with E-state index >= 15 is 0 Å². The second-order valence-corrected chi connectivity index (χ2v) is 3.93. The van der Waals surface area contributed by atoms with Crippen LogP contribution in [0, 0.1) is 29.1 Å². The fourth-order valence-corrected chi connectivity index (χ4v) is 2.81. The van der Waals surface area contributed by atoms with Crippen molar-refractivity contribution in [3.8, 4) is 6.07 Å². The van der Waals surface area contributed by atoms with Gasteiger partial charge >= 0.3 is 0 Å². The van der Waals surface area contributed by atoms with Gasteiger partial charge in [-0.15, -0.1) is 0 Å². The smallest absolute Gasteiger partial charge is 0.0624 e. The number of nitriles is 1. The van der Waals surface area contributed by atoms with E-state index in [1.165, 1.54) is 12.8 Å². The highest BCUT2D eigenvalue weighted by Crippen LogP contribution is 2.49. The maximum atomic E-state index is 9.51. The third-order valence-electron chi connectivity index (χ3n) is 3.27. The number of aliphatic hydroxyl groups is 1. The van der Waals surface area contributed by atoms with Gasteiger partial charge in [0.2, 0.25) is 0 Å². The molecule has 2 saturated carbocycles. The summed E-state index contributed by atoms with van der Waals surface area (Å²) in [5, 5.41) is 18.0. The minimum Gasteiger partial charge on any atom is -0.393 e. The van der Waals surface area contributed by atoms with Gasteiger partial charge in [-0.1, -0.05) is 0 Å². The van der Waals surface area contributed by atoms with Crippen molar-refractivity contribution in [2.24, 2.45) is 17.8 Å². The van der Waals surface area contributed by atoms with E-state index in [1.807, 2.05) is 0 Å². The van der Waals surface area contributed by atoms with Gasteiger partial charge in [-0.25, -0.2) is 0 Å². The molecule has 2 aliphatic carbocycles. The van der Waals surface area contributed by atoms with Crippen molar-refractivity contribution in [1.82, 2.24) is 0 Å². The zero-order chi connectivity index (χ0) is 7.84. The molecule has 2 fully saturated rings. The summed E-state index contributed by atoms with van der Waals surface area (Å²) in [4.78, 5) is 0. The van der Waals surface area contributed by atoms with Crippen molar-refractivity contribution in [3.05, 3.63) is 0 Å². The van der Waals surface area contributed by atoms with Gasteiger partial charge in [-0.05, 0) is 37.0 Å². The molecule has 0 aliphatic heterocycles. The zero-order valence-corrected chi connectivity index (χ0v) is 6.53.